The molecule has 102 valence electrons. The summed E-state index contributed by atoms with van der Waals surface area (Å²) in [6.07, 6.45) is 2.43. The number of nitrogen functional groups attached to an aromatic ring is 1. The van der Waals surface area contributed by atoms with E-state index in [0.717, 1.165) is 12.2 Å². The lowest BCUT2D eigenvalue weighted by Gasteiger charge is -2.29. The maximum atomic E-state index is 6.07. The van der Waals surface area contributed by atoms with Crippen LogP contribution in [0, 0.1) is 5.92 Å². The van der Waals surface area contributed by atoms with E-state index in [1.54, 1.807) is 0 Å². The molecule has 0 saturated heterocycles. The molecule has 2 N–H and O–H groups in total. The minimum Gasteiger partial charge on any atom is -0.476 e. The lowest BCUT2D eigenvalue weighted by atomic mass is 10.1. The standard InChI is InChI=1S/C13H24N4O/c1-6-7-18-13-11(14)12(15-8-16-13)17(5)10(4)9(2)3/h8-10H,6-7,14H2,1-5H3. The maximum absolute atomic E-state index is 6.07. The van der Waals surface area contributed by atoms with Crippen molar-refractivity contribution in [2.24, 2.45) is 5.92 Å². The largest absolute Gasteiger partial charge is 0.476 e. The Morgan fingerprint density at radius 2 is 2.00 bits per heavy atom. The molecule has 0 spiro atoms. The average molecular weight is 252 g/mol. The fraction of sp³-hybridized carbons (Fsp3) is 0.692. The fourth-order valence-corrected chi connectivity index (χ4v) is 1.61. The van der Waals surface area contributed by atoms with Crippen LogP contribution in [0.15, 0.2) is 6.33 Å². The third kappa shape index (κ3) is 3.24. The molecule has 0 fully saturated rings. The maximum Gasteiger partial charge on any atom is 0.242 e. The van der Waals surface area contributed by atoms with E-state index >= 15 is 0 Å². The molecule has 0 bridgehead atoms. The summed E-state index contributed by atoms with van der Waals surface area (Å²) in [5.74, 6) is 1.73. The number of hydrogen-bond donors (Lipinski definition) is 1. The summed E-state index contributed by atoms with van der Waals surface area (Å²) in [4.78, 5) is 10.4. The van der Waals surface area contributed by atoms with Crippen molar-refractivity contribution < 1.29 is 4.74 Å². The van der Waals surface area contributed by atoms with Crippen LogP contribution in [0.5, 0.6) is 5.88 Å². The van der Waals surface area contributed by atoms with Gasteiger partial charge in [-0.2, -0.15) is 4.98 Å². The predicted octanol–water partition coefficient (Wildman–Crippen LogP) is 2.33. The highest BCUT2D eigenvalue weighted by Crippen LogP contribution is 2.29. The highest BCUT2D eigenvalue weighted by molar-refractivity contribution is 5.67. The summed E-state index contributed by atoms with van der Waals surface area (Å²) in [6, 6.07) is 0.348. The molecule has 5 heteroatoms. The van der Waals surface area contributed by atoms with Crippen LogP contribution in [0.1, 0.15) is 34.1 Å². The Morgan fingerprint density at radius 3 is 2.56 bits per heavy atom. The summed E-state index contributed by atoms with van der Waals surface area (Å²) in [5.41, 5.74) is 6.59. The molecule has 1 aromatic heterocycles. The number of nitrogens with zero attached hydrogens (tertiary/aromatic N) is 3. The van der Waals surface area contributed by atoms with Crippen LogP contribution < -0.4 is 15.4 Å². The minimum absolute atomic E-state index is 0.348. The smallest absolute Gasteiger partial charge is 0.242 e. The fourth-order valence-electron chi connectivity index (χ4n) is 1.61. The Labute approximate surface area is 109 Å². The SMILES string of the molecule is CCCOc1ncnc(N(C)C(C)C(C)C)c1N. The van der Waals surface area contributed by atoms with Crippen molar-refractivity contribution in [3.05, 3.63) is 6.33 Å². The summed E-state index contributed by atoms with van der Waals surface area (Å²) in [6.45, 7) is 9.16. The van der Waals surface area contributed by atoms with Crippen molar-refractivity contribution in [2.45, 2.75) is 40.2 Å². The van der Waals surface area contributed by atoms with Crippen LogP contribution in [0.4, 0.5) is 11.5 Å². The van der Waals surface area contributed by atoms with Gasteiger partial charge in [0.1, 0.15) is 12.0 Å². The van der Waals surface area contributed by atoms with Crippen molar-refractivity contribution in [2.75, 3.05) is 24.3 Å². The van der Waals surface area contributed by atoms with E-state index in [1.807, 2.05) is 14.0 Å². The van der Waals surface area contributed by atoms with Crippen molar-refractivity contribution in [3.8, 4) is 5.88 Å². The molecule has 1 rings (SSSR count). The topological polar surface area (TPSA) is 64.3 Å². The van der Waals surface area contributed by atoms with Crippen molar-refractivity contribution in [3.63, 3.8) is 0 Å². The zero-order valence-corrected chi connectivity index (χ0v) is 12.0. The number of ether oxygens (including phenoxy) is 1. The van der Waals surface area contributed by atoms with E-state index in [-0.39, 0.29) is 0 Å². The van der Waals surface area contributed by atoms with Crippen molar-refractivity contribution >= 4 is 11.5 Å². The number of aromatic nitrogens is 2. The van der Waals surface area contributed by atoms with Crippen molar-refractivity contribution in [1.82, 2.24) is 9.97 Å². The molecule has 1 aromatic rings. The second-order valence-corrected chi connectivity index (χ2v) is 4.86. The first-order chi connectivity index (χ1) is 8.49. The number of rotatable bonds is 6. The summed E-state index contributed by atoms with van der Waals surface area (Å²) >= 11 is 0. The molecule has 0 aliphatic heterocycles. The van der Waals surface area contributed by atoms with Crippen LogP contribution in [0.3, 0.4) is 0 Å². The van der Waals surface area contributed by atoms with Crippen molar-refractivity contribution in [1.29, 1.82) is 0 Å². The number of anilines is 2. The van der Waals surface area contributed by atoms with E-state index in [4.69, 9.17) is 10.5 Å². The quantitative estimate of drug-likeness (QED) is 0.841. The molecule has 0 saturated carbocycles. The van der Waals surface area contributed by atoms with Gasteiger partial charge in [0.25, 0.3) is 0 Å². The van der Waals surface area contributed by atoms with Crippen LogP contribution in [-0.4, -0.2) is 29.7 Å². The minimum atomic E-state index is 0.348. The highest BCUT2D eigenvalue weighted by atomic mass is 16.5. The first-order valence-corrected chi connectivity index (χ1v) is 6.45. The van der Waals surface area contributed by atoms with Gasteiger partial charge in [-0.15, -0.1) is 0 Å². The molecular weight excluding hydrogens is 228 g/mol. The van der Waals surface area contributed by atoms with Gasteiger partial charge in [0.2, 0.25) is 5.88 Å². The molecule has 1 unspecified atom stereocenters. The molecule has 0 aromatic carbocycles. The van der Waals surface area contributed by atoms with Gasteiger partial charge in [0.05, 0.1) is 6.61 Å². The van der Waals surface area contributed by atoms with Gasteiger partial charge in [-0.05, 0) is 19.3 Å². The first kappa shape index (κ1) is 14.5. The van der Waals surface area contributed by atoms with Gasteiger partial charge in [-0.25, -0.2) is 4.98 Å². The second kappa shape index (κ2) is 6.42. The second-order valence-electron chi connectivity index (χ2n) is 4.86. The molecule has 0 amide bonds. The van der Waals surface area contributed by atoms with E-state index < -0.39 is 0 Å². The molecular formula is C13H24N4O. The molecule has 0 aliphatic carbocycles. The Kier molecular flexibility index (Phi) is 5.19. The normalized spacial score (nSPS) is 12.6. The van der Waals surface area contributed by atoms with Gasteiger partial charge < -0.3 is 15.4 Å². The Balaban J connectivity index is 2.95. The van der Waals surface area contributed by atoms with E-state index in [0.29, 0.717) is 30.1 Å². The predicted molar refractivity (Wildman–Crippen MR) is 74.9 cm³/mol. The Bertz CT molecular complexity index is 381. The number of nitrogens with two attached hydrogens (primary N) is 1. The monoisotopic (exact) mass is 252 g/mol. The Morgan fingerprint density at radius 1 is 1.33 bits per heavy atom. The molecule has 1 heterocycles. The van der Waals surface area contributed by atoms with E-state index in [2.05, 4.69) is 35.6 Å². The summed E-state index contributed by atoms with van der Waals surface area (Å²) < 4.78 is 5.51. The molecule has 0 aliphatic rings. The summed E-state index contributed by atoms with van der Waals surface area (Å²) in [7, 11) is 1.99. The van der Waals surface area contributed by atoms with Gasteiger partial charge >= 0.3 is 0 Å². The highest BCUT2D eigenvalue weighted by Gasteiger charge is 2.19. The molecule has 0 radical (unpaired) electrons. The van der Waals surface area contributed by atoms with Gasteiger partial charge in [0.15, 0.2) is 5.82 Å². The lowest BCUT2D eigenvalue weighted by Crippen LogP contribution is -2.34. The Hall–Kier alpha value is -1.52. The lowest BCUT2D eigenvalue weighted by molar-refractivity contribution is 0.306. The molecule has 18 heavy (non-hydrogen) atoms. The zero-order valence-electron chi connectivity index (χ0n) is 12.0. The van der Waals surface area contributed by atoms with E-state index in [9.17, 15) is 0 Å². The zero-order chi connectivity index (χ0) is 13.7. The average Bonchev–Trinajstić information content (AvgIpc) is 2.35. The molecule has 5 nitrogen and oxygen atoms in total. The first-order valence-electron chi connectivity index (χ1n) is 6.45. The number of hydrogen-bond acceptors (Lipinski definition) is 5. The van der Waals surface area contributed by atoms with Crippen LogP contribution in [-0.2, 0) is 0 Å². The summed E-state index contributed by atoms with van der Waals surface area (Å²) in [5, 5.41) is 0. The van der Waals surface area contributed by atoms with Crippen LogP contribution in [0.2, 0.25) is 0 Å². The van der Waals surface area contributed by atoms with Crippen LogP contribution >= 0.6 is 0 Å². The van der Waals surface area contributed by atoms with E-state index in [1.165, 1.54) is 6.33 Å². The van der Waals surface area contributed by atoms with Gasteiger partial charge in [0, 0.05) is 13.1 Å². The third-order valence-electron chi connectivity index (χ3n) is 3.18. The van der Waals surface area contributed by atoms with Crippen LogP contribution in [0.25, 0.3) is 0 Å². The van der Waals surface area contributed by atoms with Gasteiger partial charge in [-0.1, -0.05) is 20.8 Å². The third-order valence-corrected chi connectivity index (χ3v) is 3.18. The van der Waals surface area contributed by atoms with Gasteiger partial charge in [-0.3, -0.25) is 0 Å². The molecule has 1 atom stereocenters.